The maximum absolute atomic E-state index is 12.7. The molecule has 1 N–H and O–H groups in total. The smallest absolute Gasteiger partial charge is 0.231 e. The van der Waals surface area contributed by atoms with E-state index in [1.807, 2.05) is 6.07 Å². The summed E-state index contributed by atoms with van der Waals surface area (Å²) in [5.74, 6) is -0.290. The Morgan fingerprint density at radius 1 is 1.44 bits per heavy atom. The molecule has 0 aliphatic rings. The van der Waals surface area contributed by atoms with Gasteiger partial charge < -0.3 is 5.32 Å². The number of thioether (sulfide) groups is 1. The molecule has 0 atom stereocenters. The van der Waals surface area contributed by atoms with Gasteiger partial charge in [-0.15, -0.1) is 0 Å². The molecule has 0 bridgehead atoms. The maximum atomic E-state index is 12.7. The monoisotopic (exact) mass is 264 g/mol. The Morgan fingerprint density at radius 2 is 2.06 bits per heavy atom. The van der Waals surface area contributed by atoms with Crippen LogP contribution in [0.3, 0.4) is 0 Å². The lowest BCUT2D eigenvalue weighted by Crippen LogP contribution is -2.14. The normalized spacial score (nSPS) is 11.4. The molecule has 0 aromatic heterocycles. The Labute approximate surface area is 110 Å². The van der Waals surface area contributed by atoms with Crippen molar-refractivity contribution in [2.75, 3.05) is 6.26 Å². The van der Waals surface area contributed by atoms with E-state index in [4.69, 9.17) is 5.26 Å². The van der Waals surface area contributed by atoms with Gasteiger partial charge in [0.1, 0.15) is 17.5 Å². The number of nitrogens with zero attached hydrogens (tertiary/aromatic N) is 1. The molecule has 5 heteroatoms. The largest absolute Gasteiger partial charge is 0.383 e. The minimum atomic E-state index is -0.290. The molecule has 0 saturated carbocycles. The molecule has 18 heavy (non-hydrogen) atoms. The number of nitrogens with one attached hydrogen (secondary N) is 1. The van der Waals surface area contributed by atoms with E-state index < -0.39 is 0 Å². The average molecular weight is 264 g/mol. The molecular weight excluding hydrogens is 251 g/mol. The van der Waals surface area contributed by atoms with Crippen LogP contribution in [-0.4, -0.2) is 11.4 Å². The lowest BCUT2D eigenvalue weighted by Gasteiger charge is -2.08. The summed E-state index contributed by atoms with van der Waals surface area (Å²) in [6.07, 6.45) is 1.63. The molecular formula is C13H13FN2OS. The summed E-state index contributed by atoms with van der Waals surface area (Å²) < 4.78 is 12.7. The molecule has 3 nitrogen and oxygen atoms in total. The quantitative estimate of drug-likeness (QED) is 0.671. The number of hydrogen-bond donors (Lipinski definition) is 1. The molecule has 0 radical (unpaired) electrons. The van der Waals surface area contributed by atoms with Crippen molar-refractivity contribution in [1.82, 2.24) is 5.32 Å². The van der Waals surface area contributed by atoms with E-state index in [1.54, 1.807) is 25.3 Å². The van der Waals surface area contributed by atoms with Crippen LogP contribution in [-0.2, 0) is 11.3 Å². The first-order valence-corrected chi connectivity index (χ1v) is 6.48. The van der Waals surface area contributed by atoms with Crippen molar-refractivity contribution in [3.05, 3.63) is 46.9 Å². The van der Waals surface area contributed by atoms with E-state index in [0.29, 0.717) is 12.2 Å². The zero-order valence-corrected chi connectivity index (χ0v) is 11.0. The van der Waals surface area contributed by atoms with Crippen molar-refractivity contribution in [2.24, 2.45) is 0 Å². The zero-order chi connectivity index (χ0) is 13.5. The van der Waals surface area contributed by atoms with Gasteiger partial charge in [0.15, 0.2) is 0 Å². The third-order valence-corrected chi connectivity index (χ3v) is 2.92. The van der Waals surface area contributed by atoms with Crippen molar-refractivity contribution >= 4 is 16.9 Å². The number of rotatable bonds is 4. The minimum absolute atomic E-state index is 0.115. The van der Waals surface area contributed by atoms with Crippen molar-refractivity contribution in [1.29, 1.82) is 5.26 Å². The highest BCUT2D eigenvalue weighted by atomic mass is 32.2. The number of carbonyl (C=O) groups is 1. The van der Waals surface area contributed by atoms with Crippen LogP contribution in [0.2, 0.25) is 0 Å². The number of carbonyl (C=O) groups excluding carboxylic acids is 1. The van der Waals surface area contributed by atoms with Gasteiger partial charge in [-0.25, -0.2) is 4.39 Å². The summed E-state index contributed by atoms with van der Waals surface area (Å²) in [4.78, 5) is 11.4. The summed E-state index contributed by atoms with van der Waals surface area (Å²) in [6.45, 7) is 2.12. The van der Waals surface area contributed by atoms with Gasteiger partial charge in [-0.2, -0.15) is 5.26 Å². The Bertz CT molecular complexity index is 503. The van der Waals surface area contributed by atoms with Crippen LogP contribution in [0.1, 0.15) is 12.5 Å². The second-order valence-corrected chi connectivity index (χ2v) is 4.36. The van der Waals surface area contributed by atoms with Gasteiger partial charge >= 0.3 is 0 Å². The number of hydrogen-bond acceptors (Lipinski definition) is 4. The van der Waals surface area contributed by atoms with E-state index in [-0.39, 0.29) is 16.5 Å². The highest BCUT2D eigenvalue weighted by Crippen LogP contribution is 2.10. The van der Waals surface area contributed by atoms with E-state index in [1.165, 1.54) is 12.1 Å². The second kappa shape index (κ2) is 6.82. The molecule has 0 aliphatic carbocycles. The third kappa shape index (κ3) is 3.90. The van der Waals surface area contributed by atoms with Crippen LogP contribution in [0.15, 0.2) is 35.5 Å². The fourth-order valence-corrected chi connectivity index (χ4v) is 1.71. The summed E-state index contributed by atoms with van der Waals surface area (Å²) in [7, 11) is 0. The Kier molecular flexibility index (Phi) is 5.40. The maximum Gasteiger partial charge on any atom is 0.231 e. The minimum Gasteiger partial charge on any atom is -0.383 e. The molecule has 0 aliphatic heterocycles. The predicted molar refractivity (Wildman–Crippen MR) is 70.1 cm³/mol. The Morgan fingerprint density at radius 3 is 2.56 bits per heavy atom. The molecule has 0 heterocycles. The molecule has 94 valence electrons. The highest BCUT2D eigenvalue weighted by Gasteiger charge is 2.10. The number of halogens is 1. The number of benzene rings is 1. The standard InChI is InChI=1S/C13H13FN2OS/c1-9(12(7-15)13(17)18-2)16-8-10-3-5-11(14)6-4-10/h3-6,16H,8H2,1-2H3/b12-9-. The molecule has 0 amide bonds. The summed E-state index contributed by atoms with van der Waals surface area (Å²) in [6, 6.07) is 7.93. The second-order valence-electron chi connectivity index (χ2n) is 3.58. The first-order chi connectivity index (χ1) is 8.58. The van der Waals surface area contributed by atoms with Gasteiger partial charge in [0.25, 0.3) is 0 Å². The first kappa shape index (κ1) is 14.3. The van der Waals surface area contributed by atoms with Crippen LogP contribution in [0.5, 0.6) is 0 Å². The van der Waals surface area contributed by atoms with Crippen LogP contribution in [0.4, 0.5) is 4.39 Å². The van der Waals surface area contributed by atoms with Gasteiger partial charge in [0.05, 0.1) is 0 Å². The predicted octanol–water partition coefficient (Wildman–Crippen LogP) is 2.60. The zero-order valence-electron chi connectivity index (χ0n) is 10.2. The fourth-order valence-electron chi connectivity index (χ4n) is 1.31. The number of allylic oxidation sites excluding steroid dienone is 1. The number of nitriles is 1. The van der Waals surface area contributed by atoms with Crippen molar-refractivity contribution in [3.8, 4) is 6.07 Å². The Hall–Kier alpha value is -1.80. The van der Waals surface area contributed by atoms with Gasteiger partial charge in [-0.3, -0.25) is 4.79 Å². The van der Waals surface area contributed by atoms with Gasteiger partial charge in [0.2, 0.25) is 5.12 Å². The van der Waals surface area contributed by atoms with E-state index in [9.17, 15) is 9.18 Å². The summed E-state index contributed by atoms with van der Waals surface area (Å²) in [5, 5.41) is 11.6. The van der Waals surface area contributed by atoms with Crippen molar-refractivity contribution < 1.29 is 9.18 Å². The van der Waals surface area contributed by atoms with Crippen LogP contribution < -0.4 is 5.32 Å². The Balaban J connectivity index is 2.73. The van der Waals surface area contributed by atoms with E-state index in [0.717, 1.165) is 17.3 Å². The van der Waals surface area contributed by atoms with Gasteiger partial charge in [0, 0.05) is 12.2 Å². The SMILES string of the molecule is CSC(=O)/C(C#N)=C(/C)NCc1ccc(F)cc1. The molecule has 0 spiro atoms. The fraction of sp³-hybridized carbons (Fsp3) is 0.231. The molecule has 1 aromatic carbocycles. The van der Waals surface area contributed by atoms with Crippen molar-refractivity contribution in [2.45, 2.75) is 13.5 Å². The lowest BCUT2D eigenvalue weighted by atomic mass is 10.2. The van der Waals surface area contributed by atoms with Gasteiger partial charge in [-0.1, -0.05) is 23.9 Å². The van der Waals surface area contributed by atoms with Gasteiger partial charge in [-0.05, 0) is 30.9 Å². The highest BCUT2D eigenvalue weighted by molar-refractivity contribution is 8.13. The molecule has 1 rings (SSSR count). The van der Waals surface area contributed by atoms with Crippen LogP contribution in [0.25, 0.3) is 0 Å². The third-order valence-electron chi connectivity index (χ3n) is 2.35. The summed E-state index contributed by atoms with van der Waals surface area (Å²) in [5.41, 5.74) is 1.52. The van der Waals surface area contributed by atoms with Crippen LogP contribution in [0, 0.1) is 17.1 Å². The molecule has 0 unspecified atom stereocenters. The molecule has 1 aromatic rings. The lowest BCUT2D eigenvalue weighted by molar-refractivity contribution is -0.107. The molecule has 0 saturated heterocycles. The van der Waals surface area contributed by atoms with Crippen LogP contribution >= 0.6 is 11.8 Å². The van der Waals surface area contributed by atoms with E-state index >= 15 is 0 Å². The van der Waals surface area contributed by atoms with E-state index in [2.05, 4.69) is 5.32 Å². The van der Waals surface area contributed by atoms with Crippen molar-refractivity contribution in [3.63, 3.8) is 0 Å². The average Bonchev–Trinajstić information content (AvgIpc) is 2.38. The first-order valence-electron chi connectivity index (χ1n) is 5.26. The molecule has 0 fully saturated rings. The topological polar surface area (TPSA) is 52.9 Å². The summed E-state index contributed by atoms with van der Waals surface area (Å²) >= 11 is 1.00.